The maximum Gasteiger partial charge on any atom is 0.263 e. The maximum atomic E-state index is 12.2. The summed E-state index contributed by atoms with van der Waals surface area (Å²) in [7, 11) is -3.67. The molecule has 106 valence electrons. The molecule has 0 aliphatic rings. The van der Waals surface area contributed by atoms with Crippen LogP contribution in [0.3, 0.4) is 0 Å². The van der Waals surface area contributed by atoms with Crippen molar-refractivity contribution >= 4 is 15.8 Å². The third kappa shape index (κ3) is 2.90. The van der Waals surface area contributed by atoms with Crippen molar-refractivity contribution in [3.05, 3.63) is 61.2 Å². The number of benzene rings is 1. The first kappa shape index (κ1) is 13.3. The van der Waals surface area contributed by atoms with Gasteiger partial charge in [0.2, 0.25) is 0 Å². The van der Waals surface area contributed by atoms with Gasteiger partial charge in [0.1, 0.15) is 12.1 Å². The highest BCUT2D eigenvalue weighted by molar-refractivity contribution is 7.92. The number of rotatable bonds is 4. The van der Waals surface area contributed by atoms with E-state index in [0.717, 1.165) is 0 Å². The fraction of sp³-hybridized carbons (Fsp3) is 0. The molecule has 0 atom stereocenters. The van der Waals surface area contributed by atoms with Crippen molar-refractivity contribution in [3.8, 4) is 5.82 Å². The molecule has 0 saturated carbocycles. The van der Waals surface area contributed by atoms with Crippen molar-refractivity contribution in [1.29, 1.82) is 0 Å². The number of nitrogens with one attached hydrogen (secondary N) is 1. The summed E-state index contributed by atoms with van der Waals surface area (Å²) in [6.45, 7) is 0. The monoisotopic (exact) mass is 301 g/mol. The maximum absolute atomic E-state index is 12.2. The minimum absolute atomic E-state index is 0.171. The standard InChI is InChI=1S/C13H11N5O2S/c19-21(20,11-5-2-1-3-6-11)17-12-9-13(15-10-14-12)18-8-4-7-16-18/h1-10H,(H,14,15,17). The number of anilines is 1. The van der Waals surface area contributed by atoms with Crippen LogP contribution >= 0.6 is 0 Å². The van der Waals surface area contributed by atoms with E-state index >= 15 is 0 Å². The molecule has 3 aromatic rings. The summed E-state index contributed by atoms with van der Waals surface area (Å²) in [5, 5.41) is 4.03. The lowest BCUT2D eigenvalue weighted by Crippen LogP contribution is -2.14. The van der Waals surface area contributed by atoms with Gasteiger partial charge in [0, 0.05) is 18.5 Å². The van der Waals surface area contributed by atoms with E-state index in [1.807, 2.05) is 0 Å². The molecule has 0 unspecified atom stereocenters. The molecule has 8 heteroatoms. The van der Waals surface area contributed by atoms with Crippen molar-refractivity contribution in [2.45, 2.75) is 4.90 Å². The second-order valence-corrected chi connectivity index (χ2v) is 5.81. The van der Waals surface area contributed by atoms with Crippen LogP contribution in [0.2, 0.25) is 0 Å². The van der Waals surface area contributed by atoms with Crippen molar-refractivity contribution in [2.75, 3.05) is 4.72 Å². The lowest BCUT2D eigenvalue weighted by Gasteiger charge is -2.08. The van der Waals surface area contributed by atoms with Crippen LogP contribution in [0.4, 0.5) is 5.82 Å². The van der Waals surface area contributed by atoms with Gasteiger partial charge in [-0.3, -0.25) is 4.72 Å². The molecule has 2 heterocycles. The quantitative estimate of drug-likeness (QED) is 0.788. The van der Waals surface area contributed by atoms with E-state index in [1.54, 1.807) is 36.7 Å². The first-order valence-corrected chi connectivity index (χ1v) is 7.53. The van der Waals surface area contributed by atoms with Crippen LogP contribution in [0.15, 0.2) is 66.1 Å². The number of nitrogens with zero attached hydrogens (tertiary/aromatic N) is 4. The van der Waals surface area contributed by atoms with Gasteiger partial charge in [-0.05, 0) is 18.2 Å². The molecule has 1 N–H and O–H groups in total. The minimum Gasteiger partial charge on any atom is -0.263 e. The zero-order valence-electron chi connectivity index (χ0n) is 10.8. The molecular weight excluding hydrogens is 290 g/mol. The van der Waals surface area contributed by atoms with Crippen LogP contribution in [-0.2, 0) is 10.0 Å². The molecule has 0 spiro atoms. The second-order valence-electron chi connectivity index (χ2n) is 4.13. The highest BCUT2D eigenvalue weighted by Crippen LogP contribution is 2.14. The zero-order valence-corrected chi connectivity index (χ0v) is 11.6. The largest absolute Gasteiger partial charge is 0.263 e. The van der Waals surface area contributed by atoms with Gasteiger partial charge in [0.15, 0.2) is 5.82 Å². The Balaban J connectivity index is 1.91. The normalized spacial score (nSPS) is 11.2. The van der Waals surface area contributed by atoms with Crippen LogP contribution in [0.5, 0.6) is 0 Å². The van der Waals surface area contributed by atoms with Crippen molar-refractivity contribution in [3.63, 3.8) is 0 Å². The summed E-state index contributed by atoms with van der Waals surface area (Å²) >= 11 is 0. The summed E-state index contributed by atoms with van der Waals surface area (Å²) in [6.07, 6.45) is 4.59. The van der Waals surface area contributed by atoms with Gasteiger partial charge in [0.05, 0.1) is 4.90 Å². The smallest absolute Gasteiger partial charge is 0.263 e. The van der Waals surface area contributed by atoms with E-state index in [9.17, 15) is 8.42 Å². The molecule has 2 aromatic heterocycles. The lowest BCUT2D eigenvalue weighted by atomic mass is 10.4. The Kier molecular flexibility index (Phi) is 3.36. The van der Waals surface area contributed by atoms with Crippen molar-refractivity contribution in [2.24, 2.45) is 0 Å². The first-order chi connectivity index (χ1) is 10.1. The SMILES string of the molecule is O=S(=O)(Nc1cc(-n2cccn2)ncn1)c1ccccc1. The first-order valence-electron chi connectivity index (χ1n) is 6.05. The summed E-state index contributed by atoms with van der Waals surface area (Å²) in [4.78, 5) is 8.13. The molecule has 1 aromatic carbocycles. The summed E-state index contributed by atoms with van der Waals surface area (Å²) in [6, 6.07) is 11.3. The predicted molar refractivity (Wildman–Crippen MR) is 76.4 cm³/mol. The molecule has 0 fully saturated rings. The van der Waals surface area contributed by atoms with E-state index in [4.69, 9.17) is 0 Å². The summed E-state index contributed by atoms with van der Waals surface area (Å²) in [5.41, 5.74) is 0. The van der Waals surface area contributed by atoms with E-state index in [1.165, 1.54) is 29.2 Å². The molecule has 7 nitrogen and oxygen atoms in total. The van der Waals surface area contributed by atoms with E-state index in [2.05, 4.69) is 19.8 Å². The fourth-order valence-corrected chi connectivity index (χ4v) is 2.75. The molecule has 0 amide bonds. The number of hydrogen-bond donors (Lipinski definition) is 1. The fourth-order valence-electron chi connectivity index (χ4n) is 1.73. The number of sulfonamides is 1. The summed E-state index contributed by atoms with van der Waals surface area (Å²) < 4.78 is 28.3. The Hall–Kier alpha value is -2.74. The van der Waals surface area contributed by atoms with E-state index in [0.29, 0.717) is 5.82 Å². The Morgan fingerprint density at radius 2 is 1.86 bits per heavy atom. The molecule has 0 aliphatic carbocycles. The highest BCUT2D eigenvalue weighted by atomic mass is 32.2. The van der Waals surface area contributed by atoms with Crippen LogP contribution in [0.25, 0.3) is 5.82 Å². The topological polar surface area (TPSA) is 89.8 Å². The highest BCUT2D eigenvalue weighted by Gasteiger charge is 2.14. The lowest BCUT2D eigenvalue weighted by molar-refractivity contribution is 0.601. The molecule has 3 rings (SSSR count). The Morgan fingerprint density at radius 3 is 2.57 bits per heavy atom. The molecule has 21 heavy (non-hydrogen) atoms. The van der Waals surface area contributed by atoms with Gasteiger partial charge in [-0.15, -0.1) is 0 Å². The van der Waals surface area contributed by atoms with Gasteiger partial charge in [-0.2, -0.15) is 5.10 Å². The van der Waals surface area contributed by atoms with Crippen molar-refractivity contribution < 1.29 is 8.42 Å². The molecule has 0 aliphatic heterocycles. The van der Waals surface area contributed by atoms with Crippen LogP contribution in [0.1, 0.15) is 0 Å². The van der Waals surface area contributed by atoms with Gasteiger partial charge in [-0.25, -0.2) is 23.1 Å². The van der Waals surface area contributed by atoms with Crippen molar-refractivity contribution in [1.82, 2.24) is 19.7 Å². The van der Waals surface area contributed by atoms with Gasteiger partial charge >= 0.3 is 0 Å². The average molecular weight is 301 g/mol. The molecular formula is C13H11N5O2S. The van der Waals surface area contributed by atoms with E-state index in [-0.39, 0.29) is 10.7 Å². The third-order valence-corrected chi connectivity index (χ3v) is 4.05. The predicted octanol–water partition coefficient (Wildman–Crippen LogP) is 1.46. The van der Waals surface area contributed by atoms with Gasteiger partial charge < -0.3 is 0 Å². The van der Waals surface area contributed by atoms with Crippen LogP contribution in [-0.4, -0.2) is 28.2 Å². The second kappa shape index (κ2) is 5.33. The average Bonchev–Trinajstić information content (AvgIpc) is 3.02. The van der Waals surface area contributed by atoms with Crippen LogP contribution in [0, 0.1) is 0 Å². The minimum atomic E-state index is -3.67. The Labute approximate surface area is 121 Å². The Bertz CT molecular complexity index is 832. The number of aromatic nitrogens is 4. The molecule has 0 radical (unpaired) electrons. The summed E-state index contributed by atoms with van der Waals surface area (Å²) in [5.74, 6) is 0.653. The van der Waals surface area contributed by atoms with Gasteiger partial charge in [0.25, 0.3) is 10.0 Å². The zero-order chi connectivity index (χ0) is 14.7. The number of hydrogen-bond acceptors (Lipinski definition) is 5. The molecule has 0 saturated heterocycles. The van der Waals surface area contributed by atoms with E-state index < -0.39 is 10.0 Å². The van der Waals surface area contributed by atoms with Gasteiger partial charge in [-0.1, -0.05) is 18.2 Å². The Morgan fingerprint density at radius 1 is 1.05 bits per heavy atom. The molecule has 0 bridgehead atoms. The van der Waals surface area contributed by atoms with Crippen LogP contribution < -0.4 is 4.72 Å². The third-order valence-electron chi connectivity index (χ3n) is 2.68.